The van der Waals surface area contributed by atoms with E-state index in [1.165, 1.54) is 0 Å². The highest BCUT2D eigenvalue weighted by molar-refractivity contribution is 7.88. The molecule has 0 aliphatic carbocycles. The smallest absolute Gasteiger partial charge is 0.209 e. The van der Waals surface area contributed by atoms with Crippen LogP contribution < -0.4 is 4.72 Å². The van der Waals surface area contributed by atoms with E-state index in [9.17, 15) is 13.5 Å². The largest absolute Gasteiger partial charge is 0.389 e. The zero-order valence-electron chi connectivity index (χ0n) is 10.6. The summed E-state index contributed by atoms with van der Waals surface area (Å²) in [5.74, 6) is 0. The van der Waals surface area contributed by atoms with E-state index in [0.29, 0.717) is 6.54 Å². The van der Waals surface area contributed by atoms with E-state index in [0.717, 1.165) is 19.3 Å². The molecule has 0 spiro atoms. The summed E-state index contributed by atoms with van der Waals surface area (Å²) in [4.78, 5) is 2.14. The highest BCUT2D eigenvalue weighted by atomic mass is 32.2. The number of aliphatic hydroxyl groups is 1. The zero-order chi connectivity index (χ0) is 13.1. The highest BCUT2D eigenvalue weighted by Crippen LogP contribution is 2.16. The van der Waals surface area contributed by atoms with Gasteiger partial charge in [-0.3, -0.25) is 0 Å². The Labute approximate surface area is 103 Å². The van der Waals surface area contributed by atoms with Crippen LogP contribution in [0.25, 0.3) is 0 Å². The van der Waals surface area contributed by atoms with Crippen molar-refractivity contribution < 1.29 is 18.3 Å². The molecular weight excluding hydrogens is 244 g/mol. The van der Waals surface area contributed by atoms with Gasteiger partial charge in [0.05, 0.1) is 31.1 Å². The molecule has 0 aromatic heterocycles. The first-order chi connectivity index (χ1) is 7.87. The second-order valence-corrected chi connectivity index (χ2v) is 6.12. The van der Waals surface area contributed by atoms with E-state index >= 15 is 0 Å². The van der Waals surface area contributed by atoms with Crippen molar-refractivity contribution in [2.75, 3.05) is 32.5 Å². The maximum atomic E-state index is 11.1. The van der Waals surface area contributed by atoms with Crippen LogP contribution in [-0.2, 0) is 14.8 Å². The molecule has 0 saturated carbocycles. The number of nitrogens with zero attached hydrogens (tertiary/aromatic N) is 1. The summed E-state index contributed by atoms with van der Waals surface area (Å²) >= 11 is 0. The van der Waals surface area contributed by atoms with E-state index in [2.05, 4.69) is 9.62 Å². The number of rotatable bonds is 6. The lowest BCUT2D eigenvalue weighted by molar-refractivity contribution is 0.0175. The molecule has 1 aliphatic heterocycles. The molecule has 2 N–H and O–H groups in total. The van der Waals surface area contributed by atoms with E-state index in [1.807, 2.05) is 13.8 Å². The van der Waals surface area contributed by atoms with Gasteiger partial charge in [-0.25, -0.2) is 13.1 Å². The summed E-state index contributed by atoms with van der Waals surface area (Å²) in [6.07, 6.45) is -0.0308. The predicted octanol–water partition coefficient (Wildman–Crippen LogP) is -0.994. The fourth-order valence-corrected chi connectivity index (χ4v) is 2.72. The summed E-state index contributed by atoms with van der Waals surface area (Å²) in [6.45, 7) is 6.69. The van der Waals surface area contributed by atoms with E-state index in [-0.39, 0.29) is 12.7 Å². The van der Waals surface area contributed by atoms with Crippen LogP contribution in [0.2, 0.25) is 0 Å². The van der Waals surface area contributed by atoms with E-state index in [1.54, 1.807) is 0 Å². The highest BCUT2D eigenvalue weighted by Gasteiger charge is 2.37. The molecule has 102 valence electrons. The Kier molecular flexibility index (Phi) is 5.33. The van der Waals surface area contributed by atoms with Crippen molar-refractivity contribution in [2.24, 2.45) is 0 Å². The topological polar surface area (TPSA) is 78.9 Å². The van der Waals surface area contributed by atoms with Gasteiger partial charge in [0.2, 0.25) is 10.0 Å². The van der Waals surface area contributed by atoms with Gasteiger partial charge >= 0.3 is 0 Å². The number of hydrogen-bond donors (Lipinski definition) is 2. The molecule has 1 aliphatic rings. The van der Waals surface area contributed by atoms with Crippen LogP contribution in [-0.4, -0.2) is 69.2 Å². The number of aliphatic hydroxyl groups excluding tert-OH is 1. The van der Waals surface area contributed by atoms with E-state index < -0.39 is 22.2 Å². The first-order valence-corrected chi connectivity index (χ1v) is 7.75. The van der Waals surface area contributed by atoms with Crippen LogP contribution in [0.4, 0.5) is 0 Å². The van der Waals surface area contributed by atoms with Crippen LogP contribution in [0.3, 0.4) is 0 Å². The molecule has 0 radical (unpaired) electrons. The normalized spacial score (nSPS) is 30.1. The molecule has 6 nitrogen and oxygen atoms in total. The van der Waals surface area contributed by atoms with Crippen molar-refractivity contribution in [2.45, 2.75) is 32.1 Å². The van der Waals surface area contributed by atoms with Crippen molar-refractivity contribution in [1.82, 2.24) is 9.62 Å². The Hall–Kier alpha value is -0.210. The Morgan fingerprint density at radius 2 is 2.00 bits per heavy atom. The fraction of sp³-hybridized carbons (Fsp3) is 1.00. The molecule has 1 fully saturated rings. The number of likely N-dealkylation sites (N-methyl/N-ethyl adjacent to an activating group) is 1. The Morgan fingerprint density at radius 1 is 1.41 bits per heavy atom. The van der Waals surface area contributed by atoms with Gasteiger partial charge in [-0.15, -0.1) is 0 Å². The minimum absolute atomic E-state index is 0.222. The average Bonchev–Trinajstić information content (AvgIpc) is 2.55. The first-order valence-electron chi connectivity index (χ1n) is 5.86. The van der Waals surface area contributed by atoms with Gasteiger partial charge in [0.25, 0.3) is 0 Å². The van der Waals surface area contributed by atoms with Gasteiger partial charge in [0.15, 0.2) is 0 Å². The van der Waals surface area contributed by atoms with Crippen molar-refractivity contribution >= 4 is 10.0 Å². The van der Waals surface area contributed by atoms with Gasteiger partial charge in [0.1, 0.15) is 0 Å². The third kappa shape index (κ3) is 4.51. The zero-order valence-corrected chi connectivity index (χ0v) is 11.4. The molecule has 3 atom stereocenters. The maximum Gasteiger partial charge on any atom is 0.209 e. The van der Waals surface area contributed by atoms with Crippen LogP contribution in [0.1, 0.15) is 13.8 Å². The molecule has 17 heavy (non-hydrogen) atoms. The van der Waals surface area contributed by atoms with Crippen LogP contribution >= 0.6 is 0 Å². The monoisotopic (exact) mass is 266 g/mol. The first kappa shape index (κ1) is 14.8. The summed E-state index contributed by atoms with van der Waals surface area (Å²) in [5.41, 5.74) is 0. The van der Waals surface area contributed by atoms with Crippen molar-refractivity contribution in [3.63, 3.8) is 0 Å². The lowest BCUT2D eigenvalue weighted by atomic mass is 10.1. The fourth-order valence-electron chi connectivity index (χ4n) is 1.96. The molecule has 7 heteroatoms. The lowest BCUT2D eigenvalue weighted by Crippen LogP contribution is -2.46. The second kappa shape index (κ2) is 6.10. The molecule has 0 bridgehead atoms. The summed E-state index contributed by atoms with van der Waals surface area (Å²) in [5, 5.41) is 9.97. The Balaban J connectivity index is 2.52. The van der Waals surface area contributed by atoms with Gasteiger partial charge in [-0.2, -0.15) is 0 Å². The summed E-state index contributed by atoms with van der Waals surface area (Å²) < 4.78 is 30.0. The molecular formula is C10H22N2O4S. The molecule has 1 rings (SSSR count). The minimum atomic E-state index is -3.31. The van der Waals surface area contributed by atoms with Gasteiger partial charge in [-0.1, -0.05) is 13.8 Å². The molecule has 0 amide bonds. The van der Waals surface area contributed by atoms with E-state index in [4.69, 9.17) is 4.74 Å². The summed E-state index contributed by atoms with van der Waals surface area (Å²) in [7, 11) is -3.31. The number of sulfonamides is 1. The Bertz CT molecular complexity index is 329. The number of hydrogen-bond acceptors (Lipinski definition) is 5. The molecule has 0 aromatic rings. The van der Waals surface area contributed by atoms with Crippen LogP contribution in [0.15, 0.2) is 0 Å². The van der Waals surface area contributed by atoms with Crippen molar-refractivity contribution in [3.05, 3.63) is 0 Å². The molecule has 0 aromatic carbocycles. The lowest BCUT2D eigenvalue weighted by Gasteiger charge is -2.24. The second-order valence-electron chi connectivity index (χ2n) is 4.34. The molecule has 1 saturated heterocycles. The minimum Gasteiger partial charge on any atom is -0.389 e. The van der Waals surface area contributed by atoms with Gasteiger partial charge < -0.3 is 14.7 Å². The SMILES string of the molecule is CCN(CC)C[C@@H]1OC[C@@H](NS(C)(=O)=O)[C@H]1O. The van der Waals surface area contributed by atoms with Gasteiger partial charge in [0, 0.05) is 6.54 Å². The van der Waals surface area contributed by atoms with Gasteiger partial charge in [-0.05, 0) is 13.1 Å². The quantitative estimate of drug-likeness (QED) is 0.645. The van der Waals surface area contributed by atoms with Crippen LogP contribution in [0.5, 0.6) is 0 Å². The molecule has 1 heterocycles. The third-order valence-electron chi connectivity index (χ3n) is 2.98. The third-order valence-corrected chi connectivity index (χ3v) is 3.71. The predicted molar refractivity (Wildman–Crippen MR) is 65.3 cm³/mol. The standard InChI is InChI=1S/C10H22N2O4S/c1-4-12(5-2)6-9-10(13)8(7-16-9)11-17(3,14)15/h8-11,13H,4-7H2,1-3H3/t8-,9+,10-/m1/s1. The van der Waals surface area contributed by atoms with Crippen molar-refractivity contribution in [3.8, 4) is 0 Å². The van der Waals surface area contributed by atoms with Crippen molar-refractivity contribution in [1.29, 1.82) is 0 Å². The number of ether oxygens (including phenoxy) is 1. The van der Waals surface area contributed by atoms with Crippen LogP contribution in [0, 0.1) is 0 Å². The number of nitrogens with one attached hydrogen (secondary N) is 1. The summed E-state index contributed by atoms with van der Waals surface area (Å²) in [6, 6.07) is -0.537. The Morgan fingerprint density at radius 3 is 2.47 bits per heavy atom. The average molecular weight is 266 g/mol. The maximum absolute atomic E-state index is 11.1. The molecule has 0 unspecified atom stereocenters.